The zero-order valence-corrected chi connectivity index (χ0v) is 9.98. The van der Waals surface area contributed by atoms with Gasteiger partial charge in [0, 0.05) is 5.66 Å². The third-order valence-electron chi connectivity index (χ3n) is 2.33. The van der Waals surface area contributed by atoms with E-state index in [0.29, 0.717) is 0 Å². The van der Waals surface area contributed by atoms with Crippen LogP contribution in [-0.4, -0.2) is 15.4 Å². The van der Waals surface area contributed by atoms with Crippen molar-refractivity contribution in [2.45, 2.75) is 37.8 Å². The molecule has 0 aromatic heterocycles. The van der Waals surface area contributed by atoms with Crippen LogP contribution in [0.1, 0.15) is 32.1 Å². The highest BCUT2D eigenvalue weighted by Gasteiger charge is 2.28. The molecule has 1 rings (SSSR count). The summed E-state index contributed by atoms with van der Waals surface area (Å²) in [5, 5.41) is 0. The summed E-state index contributed by atoms with van der Waals surface area (Å²) >= 11 is 4.96. The molecule has 0 aromatic carbocycles. The second kappa shape index (κ2) is 5.01. The lowest BCUT2D eigenvalue weighted by atomic mass is 10.0. The van der Waals surface area contributed by atoms with Gasteiger partial charge in [-0.05, 0) is 24.6 Å². The maximum absolute atomic E-state index is 10.5. The Bertz CT molecular complexity index is 242. The zero-order chi connectivity index (χ0) is 9.90. The van der Waals surface area contributed by atoms with Crippen molar-refractivity contribution in [3.63, 3.8) is 0 Å². The zero-order valence-electron chi connectivity index (χ0n) is 7.27. The number of rotatable bonds is 3. The molecule has 0 aliphatic heterocycles. The third-order valence-corrected chi connectivity index (χ3v) is 7.59. The van der Waals surface area contributed by atoms with Crippen LogP contribution in [0.15, 0.2) is 0 Å². The smallest absolute Gasteiger partial charge is 0.261 e. The Labute approximate surface area is 83.8 Å². The minimum atomic E-state index is -2.84. The lowest BCUT2D eigenvalue weighted by Crippen LogP contribution is -2.18. The van der Waals surface area contributed by atoms with E-state index in [1.165, 1.54) is 6.42 Å². The highest BCUT2D eigenvalue weighted by molar-refractivity contribution is 8.12. The maximum atomic E-state index is 10.5. The Hall–Kier alpha value is 0.760. The average molecular weight is 243 g/mol. The first-order valence-electron chi connectivity index (χ1n) is 4.36. The minimum Gasteiger partial charge on any atom is -0.353 e. The second-order valence-corrected chi connectivity index (χ2v) is 8.48. The van der Waals surface area contributed by atoms with Crippen LogP contribution in [0.2, 0.25) is 0 Å². The summed E-state index contributed by atoms with van der Waals surface area (Å²) in [5.41, 5.74) is 0.0392. The van der Waals surface area contributed by atoms with Crippen LogP contribution in [0, 0.1) is 0 Å². The highest BCUT2D eigenvalue weighted by atomic mass is 32.4. The minimum absolute atomic E-state index is 0.0392. The number of hydrogen-bond donors (Lipinski definition) is 3. The topological polar surface area (TPSA) is 69.6 Å². The van der Waals surface area contributed by atoms with Crippen LogP contribution >= 0.6 is 14.6 Å². The van der Waals surface area contributed by atoms with E-state index in [9.17, 15) is 9.46 Å². The summed E-state index contributed by atoms with van der Waals surface area (Å²) in [4.78, 5) is 20.7. The predicted molar refractivity (Wildman–Crippen MR) is 57.7 cm³/mol. The molecule has 0 bridgehead atoms. The van der Waals surface area contributed by atoms with Gasteiger partial charge in [-0.15, -0.1) is 0 Å². The van der Waals surface area contributed by atoms with Crippen LogP contribution in [0.25, 0.3) is 0 Å². The Morgan fingerprint density at radius 1 is 1.38 bits per heavy atom. The first-order valence-corrected chi connectivity index (χ1v) is 8.54. The van der Waals surface area contributed by atoms with Crippen LogP contribution in [0.5, 0.6) is 0 Å². The molecule has 0 saturated heterocycles. The fourth-order valence-corrected chi connectivity index (χ4v) is 5.89. The fourth-order valence-electron chi connectivity index (χ4n) is 1.66. The Morgan fingerprint density at radius 3 is 2.38 bits per heavy atom. The van der Waals surface area contributed by atoms with E-state index in [0.717, 1.165) is 25.7 Å². The summed E-state index contributed by atoms with van der Waals surface area (Å²) in [6.07, 6.45) is 2.33. The molecule has 0 spiro atoms. The predicted octanol–water partition coefficient (Wildman–Crippen LogP) is 1.59. The van der Waals surface area contributed by atoms with Crippen molar-refractivity contribution in [3.8, 4) is 0 Å². The van der Waals surface area contributed by atoms with E-state index >= 15 is 0 Å². The lowest BCUT2D eigenvalue weighted by molar-refractivity contribution is 0.472. The second-order valence-electron chi connectivity index (χ2n) is 3.33. The molecule has 1 saturated carbocycles. The summed E-state index contributed by atoms with van der Waals surface area (Å²) in [6.45, 7) is 0. The van der Waals surface area contributed by atoms with Gasteiger partial charge in [0.05, 0.1) is 0 Å². The third kappa shape index (κ3) is 3.78. The van der Waals surface area contributed by atoms with Crippen LogP contribution < -0.4 is 4.86 Å². The molecule has 7 heteroatoms. The molecule has 0 heterocycles. The monoisotopic (exact) mass is 243 g/mol. The van der Waals surface area contributed by atoms with Gasteiger partial charge in [-0.1, -0.05) is 19.3 Å². The molecule has 2 unspecified atom stereocenters. The molecule has 1 aliphatic carbocycles. The van der Waals surface area contributed by atoms with Crippen molar-refractivity contribution in [1.82, 2.24) is 4.86 Å². The van der Waals surface area contributed by atoms with E-state index in [1.54, 1.807) is 0 Å². The molecule has 0 amide bonds. The van der Waals surface area contributed by atoms with E-state index in [4.69, 9.17) is 16.7 Å². The largest absolute Gasteiger partial charge is 0.353 e. The van der Waals surface area contributed by atoms with E-state index in [-0.39, 0.29) is 5.66 Å². The highest BCUT2D eigenvalue weighted by Crippen LogP contribution is 2.51. The van der Waals surface area contributed by atoms with Crippen molar-refractivity contribution in [2.24, 2.45) is 0 Å². The number of hydrogen-bond acceptors (Lipinski definition) is 2. The maximum Gasteiger partial charge on any atom is 0.261 e. The quantitative estimate of drug-likeness (QED) is 0.657. The van der Waals surface area contributed by atoms with Crippen LogP contribution in [0.3, 0.4) is 0 Å². The van der Waals surface area contributed by atoms with Gasteiger partial charge in [0.1, 0.15) is 6.42 Å². The molecule has 2 atom stereocenters. The van der Waals surface area contributed by atoms with Gasteiger partial charge >= 0.3 is 0 Å². The first kappa shape index (κ1) is 11.8. The van der Waals surface area contributed by atoms with Gasteiger partial charge in [-0.3, -0.25) is 4.57 Å². The Kier molecular flexibility index (Phi) is 4.56. The molecule has 1 fully saturated rings. The Balaban J connectivity index is 2.56. The standard InChI is InChI=1S/C6H15NO3P2S/c8-11(9)7-12(10,13)6-4-2-1-3-5-6/h6,11H,1-5H2,(H3,7,8,9,10,13). The molecule has 0 aromatic rings. The van der Waals surface area contributed by atoms with Crippen molar-refractivity contribution in [2.75, 3.05) is 0 Å². The van der Waals surface area contributed by atoms with Crippen molar-refractivity contribution < 1.29 is 14.4 Å². The van der Waals surface area contributed by atoms with Gasteiger partial charge in [0.15, 0.2) is 0 Å². The molecule has 4 nitrogen and oxygen atoms in total. The summed E-state index contributed by atoms with van der Waals surface area (Å²) < 4.78 is 10.5. The van der Waals surface area contributed by atoms with Gasteiger partial charge in [0.2, 0.25) is 0 Å². The van der Waals surface area contributed by atoms with Crippen molar-refractivity contribution in [1.29, 1.82) is 0 Å². The van der Waals surface area contributed by atoms with Gasteiger partial charge in [0.25, 0.3) is 8.18 Å². The van der Waals surface area contributed by atoms with Gasteiger partial charge in [-0.25, -0.2) is 0 Å². The molecule has 78 valence electrons. The van der Waals surface area contributed by atoms with E-state index in [1.807, 2.05) is 0 Å². The molecule has 0 radical (unpaired) electrons. The van der Waals surface area contributed by atoms with Gasteiger partial charge < -0.3 is 9.79 Å². The number of nitrogens with one attached hydrogen (secondary N) is 1. The first-order chi connectivity index (χ1) is 6.02. The van der Waals surface area contributed by atoms with E-state index in [2.05, 4.69) is 4.86 Å². The average Bonchev–Trinajstić information content (AvgIpc) is 2.04. The molecule has 1 aliphatic rings. The normalized spacial score (nSPS) is 26.6. The molecular formula is C6H15NO3P2S. The van der Waals surface area contributed by atoms with E-state index < -0.39 is 14.6 Å². The molecular weight excluding hydrogens is 228 g/mol. The summed E-state index contributed by atoms with van der Waals surface area (Å²) in [5.74, 6) is 0. The lowest BCUT2D eigenvalue weighted by Gasteiger charge is -2.28. The molecule has 3 N–H and O–H groups in total. The van der Waals surface area contributed by atoms with Gasteiger partial charge in [-0.2, -0.15) is 4.86 Å². The molecule has 13 heavy (non-hydrogen) atoms. The van der Waals surface area contributed by atoms with Crippen LogP contribution in [-0.2, 0) is 16.4 Å². The SMILES string of the molecule is O=[PH](O)NP(O)(=S)C1CCCCC1. The van der Waals surface area contributed by atoms with Crippen LogP contribution in [0.4, 0.5) is 0 Å². The Morgan fingerprint density at radius 2 is 1.92 bits per heavy atom. The van der Waals surface area contributed by atoms with Crippen molar-refractivity contribution >= 4 is 26.4 Å². The summed E-state index contributed by atoms with van der Waals surface area (Å²) in [7, 11) is -2.84. The van der Waals surface area contributed by atoms with Crippen molar-refractivity contribution in [3.05, 3.63) is 0 Å². The fraction of sp³-hybridized carbons (Fsp3) is 1.00. The summed E-state index contributed by atoms with van der Waals surface area (Å²) in [6, 6.07) is 0.